The van der Waals surface area contributed by atoms with E-state index in [1.807, 2.05) is 24.6 Å². The molecule has 3 aromatic rings. The summed E-state index contributed by atoms with van der Waals surface area (Å²) in [5.74, 6) is -0.247. The molecule has 0 saturated heterocycles. The van der Waals surface area contributed by atoms with Crippen LogP contribution in [-0.2, 0) is 6.54 Å². The molecule has 0 unspecified atom stereocenters. The molecule has 0 radical (unpaired) electrons. The Bertz CT molecular complexity index is 1030. The Morgan fingerprint density at radius 2 is 1.86 bits per heavy atom. The van der Waals surface area contributed by atoms with Crippen molar-refractivity contribution in [3.8, 4) is 0 Å². The standard InChI is InChI=1S/C21H21FN4OS/c1-13-20(14(2)26(25-13)12-16-5-4-6-18(22)11-16)24-21(28)23-19-9-7-17(8-10-19)15(3)27/h4-11H,12H2,1-3H3,(H2,23,24,28). The summed E-state index contributed by atoms with van der Waals surface area (Å²) in [7, 11) is 0. The number of carbonyl (C=O) groups excluding carboxylic acids is 1. The Labute approximate surface area is 168 Å². The van der Waals surface area contributed by atoms with Crippen LogP contribution >= 0.6 is 12.2 Å². The molecule has 7 heteroatoms. The minimum atomic E-state index is -0.265. The smallest absolute Gasteiger partial charge is 0.175 e. The highest BCUT2D eigenvalue weighted by Crippen LogP contribution is 2.21. The van der Waals surface area contributed by atoms with Gasteiger partial charge in [0.15, 0.2) is 10.9 Å². The molecule has 28 heavy (non-hydrogen) atoms. The lowest BCUT2D eigenvalue weighted by Crippen LogP contribution is -2.20. The number of aryl methyl sites for hydroxylation is 1. The molecule has 1 heterocycles. The van der Waals surface area contributed by atoms with E-state index in [0.717, 1.165) is 28.3 Å². The van der Waals surface area contributed by atoms with Crippen LogP contribution in [-0.4, -0.2) is 20.7 Å². The first kappa shape index (κ1) is 19.7. The van der Waals surface area contributed by atoms with E-state index in [4.69, 9.17) is 12.2 Å². The van der Waals surface area contributed by atoms with Crippen molar-refractivity contribution < 1.29 is 9.18 Å². The number of rotatable bonds is 5. The van der Waals surface area contributed by atoms with Crippen LogP contribution in [0.5, 0.6) is 0 Å². The molecule has 0 spiro atoms. The monoisotopic (exact) mass is 396 g/mol. The lowest BCUT2D eigenvalue weighted by molar-refractivity contribution is 0.101. The fraction of sp³-hybridized carbons (Fsp3) is 0.190. The first-order valence-electron chi connectivity index (χ1n) is 8.81. The Morgan fingerprint density at radius 3 is 2.50 bits per heavy atom. The van der Waals surface area contributed by atoms with Crippen LogP contribution in [0.4, 0.5) is 15.8 Å². The van der Waals surface area contributed by atoms with Crippen LogP contribution < -0.4 is 10.6 Å². The van der Waals surface area contributed by atoms with Gasteiger partial charge in [0.2, 0.25) is 0 Å². The van der Waals surface area contributed by atoms with E-state index in [-0.39, 0.29) is 11.6 Å². The summed E-state index contributed by atoms with van der Waals surface area (Å²) in [5, 5.41) is 11.2. The third kappa shape index (κ3) is 4.61. The molecule has 5 nitrogen and oxygen atoms in total. The van der Waals surface area contributed by atoms with Gasteiger partial charge in [-0.05, 0) is 75.0 Å². The van der Waals surface area contributed by atoms with E-state index >= 15 is 0 Å². The largest absolute Gasteiger partial charge is 0.332 e. The molecule has 2 N–H and O–H groups in total. The molecule has 144 valence electrons. The second-order valence-electron chi connectivity index (χ2n) is 6.55. The van der Waals surface area contributed by atoms with E-state index in [0.29, 0.717) is 17.2 Å². The number of hydrogen-bond donors (Lipinski definition) is 2. The quantitative estimate of drug-likeness (QED) is 0.484. The highest BCUT2D eigenvalue weighted by Gasteiger charge is 2.13. The molecule has 0 fully saturated rings. The van der Waals surface area contributed by atoms with Crippen molar-refractivity contribution in [2.24, 2.45) is 0 Å². The van der Waals surface area contributed by atoms with E-state index in [9.17, 15) is 9.18 Å². The van der Waals surface area contributed by atoms with Gasteiger partial charge in [-0.15, -0.1) is 0 Å². The summed E-state index contributed by atoms with van der Waals surface area (Å²) in [6.45, 7) is 5.83. The predicted octanol–water partition coefficient (Wildman–Crippen LogP) is 4.70. The number of Topliss-reactive ketones (excluding diaryl/α,β-unsaturated/α-hetero) is 1. The Kier molecular flexibility index (Phi) is 5.84. The van der Waals surface area contributed by atoms with Crippen LogP contribution in [0.15, 0.2) is 48.5 Å². The van der Waals surface area contributed by atoms with Crippen molar-refractivity contribution in [3.63, 3.8) is 0 Å². The van der Waals surface area contributed by atoms with Gasteiger partial charge in [-0.2, -0.15) is 5.10 Å². The summed E-state index contributed by atoms with van der Waals surface area (Å²) in [6, 6.07) is 13.6. The minimum Gasteiger partial charge on any atom is -0.332 e. The fourth-order valence-corrected chi connectivity index (χ4v) is 3.12. The molecule has 2 aromatic carbocycles. The highest BCUT2D eigenvalue weighted by molar-refractivity contribution is 7.80. The number of nitrogens with one attached hydrogen (secondary N) is 2. The SMILES string of the molecule is CC(=O)c1ccc(NC(=S)Nc2c(C)nn(Cc3cccc(F)c3)c2C)cc1. The molecule has 0 aliphatic rings. The molecular formula is C21H21FN4OS. The van der Waals surface area contributed by atoms with Gasteiger partial charge in [-0.3, -0.25) is 9.48 Å². The third-order valence-corrected chi connectivity index (χ3v) is 4.59. The Balaban J connectivity index is 1.70. The molecule has 3 rings (SSSR count). The lowest BCUT2D eigenvalue weighted by atomic mass is 10.1. The van der Waals surface area contributed by atoms with E-state index in [1.165, 1.54) is 19.1 Å². The van der Waals surface area contributed by atoms with Gasteiger partial charge in [-0.25, -0.2) is 4.39 Å². The average Bonchev–Trinajstić information content (AvgIpc) is 2.89. The van der Waals surface area contributed by atoms with Gasteiger partial charge in [-0.1, -0.05) is 12.1 Å². The summed E-state index contributed by atoms with van der Waals surface area (Å²) in [5.41, 5.74) is 4.78. The van der Waals surface area contributed by atoms with Crippen molar-refractivity contribution in [2.45, 2.75) is 27.3 Å². The van der Waals surface area contributed by atoms with Crippen molar-refractivity contribution in [1.29, 1.82) is 0 Å². The number of ketones is 1. The van der Waals surface area contributed by atoms with Crippen molar-refractivity contribution in [3.05, 3.63) is 76.9 Å². The molecule has 0 amide bonds. The van der Waals surface area contributed by atoms with Crippen LogP contribution in [0.25, 0.3) is 0 Å². The van der Waals surface area contributed by atoms with Gasteiger partial charge in [0, 0.05) is 11.3 Å². The molecule has 0 bridgehead atoms. The van der Waals surface area contributed by atoms with E-state index < -0.39 is 0 Å². The van der Waals surface area contributed by atoms with Gasteiger partial charge < -0.3 is 10.6 Å². The van der Waals surface area contributed by atoms with Gasteiger partial charge in [0.05, 0.1) is 23.6 Å². The fourth-order valence-electron chi connectivity index (χ4n) is 2.90. The molecule has 0 aliphatic heterocycles. The van der Waals surface area contributed by atoms with Crippen LogP contribution in [0.2, 0.25) is 0 Å². The lowest BCUT2D eigenvalue weighted by Gasteiger charge is -2.11. The minimum absolute atomic E-state index is 0.0178. The maximum absolute atomic E-state index is 13.4. The zero-order valence-electron chi connectivity index (χ0n) is 15.9. The Morgan fingerprint density at radius 1 is 1.14 bits per heavy atom. The predicted molar refractivity (Wildman–Crippen MR) is 113 cm³/mol. The zero-order valence-corrected chi connectivity index (χ0v) is 16.7. The second kappa shape index (κ2) is 8.31. The van der Waals surface area contributed by atoms with Crippen LogP contribution in [0.3, 0.4) is 0 Å². The number of anilines is 2. The van der Waals surface area contributed by atoms with E-state index in [2.05, 4.69) is 15.7 Å². The third-order valence-electron chi connectivity index (χ3n) is 4.39. The number of carbonyl (C=O) groups is 1. The van der Waals surface area contributed by atoms with Crippen molar-refractivity contribution in [1.82, 2.24) is 9.78 Å². The van der Waals surface area contributed by atoms with E-state index in [1.54, 1.807) is 30.3 Å². The number of nitrogens with zero attached hydrogens (tertiary/aromatic N) is 2. The number of aromatic nitrogens is 2. The summed E-state index contributed by atoms with van der Waals surface area (Å²) >= 11 is 5.40. The number of benzene rings is 2. The highest BCUT2D eigenvalue weighted by atomic mass is 32.1. The normalized spacial score (nSPS) is 10.6. The number of halogens is 1. The summed E-state index contributed by atoms with van der Waals surface area (Å²) in [6.07, 6.45) is 0. The van der Waals surface area contributed by atoms with Gasteiger partial charge in [0.1, 0.15) is 5.82 Å². The molecule has 0 aliphatic carbocycles. The zero-order chi connectivity index (χ0) is 20.3. The molecule has 0 atom stereocenters. The topological polar surface area (TPSA) is 59.0 Å². The number of thiocarbonyl (C=S) groups is 1. The second-order valence-corrected chi connectivity index (χ2v) is 6.95. The first-order valence-corrected chi connectivity index (χ1v) is 9.22. The first-order chi connectivity index (χ1) is 13.3. The maximum Gasteiger partial charge on any atom is 0.175 e. The maximum atomic E-state index is 13.4. The average molecular weight is 396 g/mol. The Hall–Kier alpha value is -3.06. The molecule has 1 aromatic heterocycles. The van der Waals surface area contributed by atoms with Crippen LogP contribution in [0, 0.1) is 19.7 Å². The molecular weight excluding hydrogens is 375 g/mol. The van der Waals surface area contributed by atoms with Crippen LogP contribution in [0.1, 0.15) is 34.2 Å². The van der Waals surface area contributed by atoms with Crippen molar-refractivity contribution in [2.75, 3.05) is 10.6 Å². The number of hydrogen-bond acceptors (Lipinski definition) is 3. The van der Waals surface area contributed by atoms with Gasteiger partial charge >= 0.3 is 0 Å². The van der Waals surface area contributed by atoms with Gasteiger partial charge in [0.25, 0.3) is 0 Å². The van der Waals surface area contributed by atoms with Crippen molar-refractivity contribution >= 4 is 34.5 Å². The summed E-state index contributed by atoms with van der Waals surface area (Å²) in [4.78, 5) is 11.4. The summed E-state index contributed by atoms with van der Waals surface area (Å²) < 4.78 is 15.2. The molecule has 0 saturated carbocycles.